The fourth-order valence-electron chi connectivity index (χ4n) is 3.47. The Morgan fingerprint density at radius 1 is 1.11 bits per heavy atom. The fraction of sp³-hybridized carbons (Fsp3) is 0.364. The highest BCUT2D eigenvalue weighted by atomic mass is 35.5. The number of carbonyl (C=O) groups excluding carboxylic acids is 2. The number of benzene rings is 2. The van der Waals surface area contributed by atoms with Crippen LogP contribution in [0.3, 0.4) is 0 Å². The van der Waals surface area contributed by atoms with E-state index in [0.29, 0.717) is 42.7 Å². The zero-order valence-corrected chi connectivity index (χ0v) is 16.8. The van der Waals surface area contributed by atoms with Crippen LogP contribution in [-0.4, -0.2) is 29.9 Å². The van der Waals surface area contributed by atoms with E-state index in [0.717, 1.165) is 18.4 Å². The van der Waals surface area contributed by atoms with Crippen molar-refractivity contribution in [2.75, 3.05) is 18.4 Å². The molecule has 0 atom stereocenters. The average molecular weight is 400 g/mol. The van der Waals surface area contributed by atoms with Crippen LogP contribution in [0.5, 0.6) is 0 Å². The van der Waals surface area contributed by atoms with E-state index in [4.69, 9.17) is 11.6 Å². The number of amides is 3. The zero-order valence-electron chi connectivity index (χ0n) is 16.1. The van der Waals surface area contributed by atoms with E-state index in [1.807, 2.05) is 31.2 Å². The minimum Gasteiger partial charge on any atom is -0.352 e. The molecule has 0 unspecified atom stereocenters. The highest BCUT2D eigenvalue weighted by molar-refractivity contribution is 6.30. The van der Waals surface area contributed by atoms with Gasteiger partial charge < -0.3 is 15.5 Å². The van der Waals surface area contributed by atoms with Gasteiger partial charge in [0.1, 0.15) is 0 Å². The monoisotopic (exact) mass is 399 g/mol. The van der Waals surface area contributed by atoms with Crippen molar-refractivity contribution in [3.05, 3.63) is 64.7 Å². The van der Waals surface area contributed by atoms with Gasteiger partial charge in [0.25, 0.3) is 0 Å². The predicted molar refractivity (Wildman–Crippen MR) is 112 cm³/mol. The van der Waals surface area contributed by atoms with Gasteiger partial charge in [0.05, 0.1) is 0 Å². The van der Waals surface area contributed by atoms with Crippen molar-refractivity contribution in [1.29, 1.82) is 0 Å². The maximum absolute atomic E-state index is 12.4. The minimum atomic E-state index is -0.121. The van der Waals surface area contributed by atoms with E-state index < -0.39 is 0 Å². The molecule has 3 amide bonds. The summed E-state index contributed by atoms with van der Waals surface area (Å²) in [7, 11) is 0. The summed E-state index contributed by atoms with van der Waals surface area (Å²) >= 11 is 5.95. The third-order valence-corrected chi connectivity index (χ3v) is 5.26. The Balaban J connectivity index is 1.39. The lowest BCUT2D eigenvalue weighted by molar-refractivity contribution is -0.122. The quantitative estimate of drug-likeness (QED) is 0.771. The number of nitrogens with zero attached hydrogens (tertiary/aromatic N) is 1. The maximum atomic E-state index is 12.4. The average Bonchev–Trinajstić information content (AvgIpc) is 2.67. The van der Waals surface area contributed by atoms with Gasteiger partial charge in [0.2, 0.25) is 5.91 Å². The Hall–Kier alpha value is -2.53. The first-order valence-corrected chi connectivity index (χ1v) is 10.0. The molecule has 2 aromatic rings. The van der Waals surface area contributed by atoms with Gasteiger partial charge >= 0.3 is 6.03 Å². The Morgan fingerprint density at radius 2 is 1.86 bits per heavy atom. The lowest BCUT2D eigenvalue weighted by Gasteiger charge is -2.31. The summed E-state index contributed by atoms with van der Waals surface area (Å²) in [4.78, 5) is 26.4. The number of likely N-dealkylation sites (tertiary alicyclic amines) is 1. The molecule has 5 nitrogen and oxygen atoms in total. The summed E-state index contributed by atoms with van der Waals surface area (Å²) in [5.41, 5.74) is 2.99. The molecule has 0 aliphatic carbocycles. The highest BCUT2D eigenvalue weighted by Gasteiger charge is 2.24. The summed E-state index contributed by atoms with van der Waals surface area (Å²) in [5.74, 6) is 0.385. The lowest BCUT2D eigenvalue weighted by Crippen LogP contribution is -2.41. The summed E-state index contributed by atoms with van der Waals surface area (Å²) in [6, 6.07) is 15.1. The number of halogens is 1. The summed E-state index contributed by atoms with van der Waals surface area (Å²) in [6.07, 6.45) is 2.18. The van der Waals surface area contributed by atoms with Crippen LogP contribution in [0.15, 0.2) is 48.5 Å². The number of urea groups is 1. The third-order valence-electron chi connectivity index (χ3n) is 5.02. The molecule has 1 heterocycles. The molecule has 1 aliphatic rings. The number of anilines is 1. The van der Waals surface area contributed by atoms with Gasteiger partial charge in [-0.2, -0.15) is 0 Å². The van der Waals surface area contributed by atoms with Gasteiger partial charge in [-0.25, -0.2) is 4.79 Å². The second kappa shape index (κ2) is 9.60. The van der Waals surface area contributed by atoms with Crippen LogP contribution < -0.4 is 10.6 Å². The van der Waals surface area contributed by atoms with Crippen LogP contribution >= 0.6 is 11.6 Å². The number of hydrogen-bond acceptors (Lipinski definition) is 2. The number of piperidine rings is 1. The van der Waals surface area contributed by atoms with Crippen molar-refractivity contribution in [3.8, 4) is 0 Å². The highest BCUT2D eigenvalue weighted by Crippen LogP contribution is 2.22. The molecule has 1 aliphatic heterocycles. The number of rotatable bonds is 5. The molecule has 0 saturated carbocycles. The molecule has 2 aromatic carbocycles. The zero-order chi connectivity index (χ0) is 19.9. The van der Waals surface area contributed by atoms with Crippen LogP contribution in [0.4, 0.5) is 10.5 Å². The lowest BCUT2D eigenvalue weighted by atomic mass is 9.93. The first kappa shape index (κ1) is 20.2. The smallest absolute Gasteiger partial charge is 0.321 e. The number of nitrogens with one attached hydrogen (secondary N) is 2. The van der Waals surface area contributed by atoms with Crippen LogP contribution in [0, 0.1) is 12.8 Å². The first-order valence-electron chi connectivity index (χ1n) is 9.63. The van der Waals surface area contributed by atoms with Crippen LogP contribution in [0.2, 0.25) is 5.02 Å². The molecule has 1 saturated heterocycles. The third kappa shape index (κ3) is 5.99. The molecule has 0 radical (unpaired) electrons. The molecule has 1 fully saturated rings. The van der Waals surface area contributed by atoms with E-state index in [-0.39, 0.29) is 11.9 Å². The first-order chi connectivity index (χ1) is 13.5. The van der Waals surface area contributed by atoms with Gasteiger partial charge in [-0.3, -0.25) is 4.79 Å². The fourth-order valence-corrected chi connectivity index (χ4v) is 3.66. The van der Waals surface area contributed by atoms with Crippen molar-refractivity contribution in [2.24, 2.45) is 5.92 Å². The molecule has 3 rings (SSSR count). The van der Waals surface area contributed by atoms with E-state index in [2.05, 4.69) is 16.7 Å². The van der Waals surface area contributed by atoms with Gasteiger partial charge in [0.15, 0.2) is 0 Å². The molecule has 6 heteroatoms. The number of hydrogen-bond donors (Lipinski definition) is 2. The van der Waals surface area contributed by atoms with E-state index in [1.165, 1.54) is 5.56 Å². The van der Waals surface area contributed by atoms with E-state index in [1.54, 1.807) is 23.1 Å². The molecule has 0 aromatic heterocycles. The van der Waals surface area contributed by atoms with Crippen molar-refractivity contribution < 1.29 is 9.59 Å². The molecule has 2 N–H and O–H groups in total. The molecular weight excluding hydrogens is 374 g/mol. The molecular formula is C22H26ClN3O2. The molecule has 0 spiro atoms. The SMILES string of the molecule is Cc1cccc(CNC(=O)CC2CCN(C(=O)Nc3cccc(Cl)c3)CC2)c1. The van der Waals surface area contributed by atoms with Crippen molar-refractivity contribution >= 4 is 29.2 Å². The standard InChI is InChI=1S/C22H26ClN3O2/c1-16-4-2-5-18(12-16)15-24-21(27)13-17-8-10-26(11-9-17)22(28)25-20-7-3-6-19(23)14-20/h2-7,12,14,17H,8-11,13,15H2,1H3,(H,24,27)(H,25,28). The molecule has 0 bridgehead atoms. The Bertz CT molecular complexity index is 832. The maximum Gasteiger partial charge on any atom is 0.321 e. The minimum absolute atomic E-state index is 0.0725. The second-order valence-electron chi connectivity index (χ2n) is 7.34. The summed E-state index contributed by atoms with van der Waals surface area (Å²) in [6.45, 7) is 3.91. The van der Waals surface area contributed by atoms with Crippen LogP contribution in [-0.2, 0) is 11.3 Å². The Kier molecular flexibility index (Phi) is 6.93. The van der Waals surface area contributed by atoms with Gasteiger partial charge in [-0.05, 0) is 49.4 Å². The molecule has 148 valence electrons. The van der Waals surface area contributed by atoms with E-state index >= 15 is 0 Å². The van der Waals surface area contributed by atoms with Crippen molar-refractivity contribution in [3.63, 3.8) is 0 Å². The van der Waals surface area contributed by atoms with Crippen LogP contribution in [0.1, 0.15) is 30.4 Å². The van der Waals surface area contributed by atoms with Gasteiger partial charge in [-0.15, -0.1) is 0 Å². The summed E-state index contributed by atoms with van der Waals surface area (Å²) < 4.78 is 0. The normalized spacial score (nSPS) is 14.6. The molecule has 28 heavy (non-hydrogen) atoms. The topological polar surface area (TPSA) is 61.4 Å². The van der Waals surface area contributed by atoms with Crippen molar-refractivity contribution in [1.82, 2.24) is 10.2 Å². The van der Waals surface area contributed by atoms with Crippen LogP contribution in [0.25, 0.3) is 0 Å². The van der Waals surface area contributed by atoms with Gasteiger partial charge in [-0.1, -0.05) is 47.5 Å². The van der Waals surface area contributed by atoms with E-state index in [9.17, 15) is 9.59 Å². The number of aryl methyl sites for hydroxylation is 1. The largest absolute Gasteiger partial charge is 0.352 e. The Morgan fingerprint density at radius 3 is 2.57 bits per heavy atom. The predicted octanol–water partition coefficient (Wildman–Crippen LogP) is 4.60. The Labute approximate surface area is 171 Å². The van der Waals surface area contributed by atoms with Crippen molar-refractivity contribution in [2.45, 2.75) is 32.7 Å². The van der Waals surface area contributed by atoms with Gasteiger partial charge in [0, 0.05) is 36.8 Å². The number of carbonyl (C=O) groups is 2. The second-order valence-corrected chi connectivity index (χ2v) is 7.78. The summed E-state index contributed by atoms with van der Waals surface area (Å²) in [5, 5.41) is 6.47.